The number of hydrogen-bond donors (Lipinski definition) is 2. The molecular weight excluding hydrogens is 234 g/mol. The lowest BCUT2D eigenvalue weighted by Gasteiger charge is -2.11. The van der Waals surface area contributed by atoms with E-state index in [9.17, 15) is 9.59 Å². The van der Waals surface area contributed by atoms with Crippen LogP contribution in [-0.2, 0) is 9.59 Å². The molecule has 0 aliphatic carbocycles. The van der Waals surface area contributed by atoms with Gasteiger partial charge in [-0.05, 0) is 18.1 Å². The summed E-state index contributed by atoms with van der Waals surface area (Å²) in [5, 5.41) is 11.3. The molecular formula is C13H17NO4. The summed E-state index contributed by atoms with van der Waals surface area (Å²) in [7, 11) is 0. The fourth-order valence-corrected chi connectivity index (χ4v) is 1.41. The molecule has 0 fully saturated rings. The molecule has 0 unspecified atom stereocenters. The number of carboxylic acids is 1. The van der Waals surface area contributed by atoms with Crippen molar-refractivity contribution >= 4 is 17.6 Å². The Morgan fingerprint density at radius 2 is 2.00 bits per heavy atom. The van der Waals surface area contributed by atoms with E-state index in [0.29, 0.717) is 17.9 Å². The van der Waals surface area contributed by atoms with Gasteiger partial charge < -0.3 is 15.2 Å². The van der Waals surface area contributed by atoms with E-state index < -0.39 is 12.6 Å². The van der Waals surface area contributed by atoms with E-state index in [0.717, 1.165) is 0 Å². The van der Waals surface area contributed by atoms with E-state index in [1.165, 1.54) is 0 Å². The molecule has 0 atom stereocenters. The van der Waals surface area contributed by atoms with Gasteiger partial charge in [0.25, 0.3) is 0 Å². The maximum atomic E-state index is 11.6. The second-order valence-corrected chi connectivity index (χ2v) is 4.32. The lowest BCUT2D eigenvalue weighted by atomic mass is 10.1. The lowest BCUT2D eigenvalue weighted by Crippen LogP contribution is -2.16. The molecule has 1 rings (SSSR count). The van der Waals surface area contributed by atoms with Crippen molar-refractivity contribution < 1.29 is 19.4 Å². The summed E-state index contributed by atoms with van der Waals surface area (Å²) in [6.07, 6.45) is 0.410. The highest BCUT2D eigenvalue weighted by atomic mass is 16.5. The minimum Gasteiger partial charge on any atom is -0.480 e. The third kappa shape index (κ3) is 4.86. The van der Waals surface area contributed by atoms with E-state index in [1.807, 2.05) is 13.8 Å². The van der Waals surface area contributed by atoms with Gasteiger partial charge in [0.2, 0.25) is 5.91 Å². The summed E-state index contributed by atoms with van der Waals surface area (Å²) in [6, 6.07) is 6.76. The molecule has 1 aromatic carbocycles. The summed E-state index contributed by atoms with van der Waals surface area (Å²) in [5.41, 5.74) is 0.490. The molecule has 0 saturated heterocycles. The number of carbonyl (C=O) groups is 2. The fraction of sp³-hybridized carbons (Fsp3) is 0.385. The molecule has 2 N–H and O–H groups in total. The number of amides is 1. The van der Waals surface area contributed by atoms with Gasteiger partial charge in [0.1, 0.15) is 5.75 Å². The van der Waals surface area contributed by atoms with E-state index in [1.54, 1.807) is 24.3 Å². The molecule has 1 amide bonds. The van der Waals surface area contributed by atoms with Gasteiger partial charge in [-0.25, -0.2) is 4.79 Å². The first-order valence-corrected chi connectivity index (χ1v) is 5.72. The van der Waals surface area contributed by atoms with E-state index in [2.05, 4.69) is 5.32 Å². The molecule has 0 radical (unpaired) electrons. The highest BCUT2D eigenvalue weighted by Gasteiger charge is 2.09. The Hall–Kier alpha value is -2.04. The number of rotatable bonds is 6. The van der Waals surface area contributed by atoms with Crippen LogP contribution in [0.4, 0.5) is 5.69 Å². The van der Waals surface area contributed by atoms with Crippen molar-refractivity contribution in [3.05, 3.63) is 24.3 Å². The zero-order valence-electron chi connectivity index (χ0n) is 10.5. The molecule has 98 valence electrons. The molecule has 0 heterocycles. The highest BCUT2D eigenvalue weighted by molar-refractivity contribution is 5.92. The maximum absolute atomic E-state index is 11.6. The van der Waals surface area contributed by atoms with E-state index in [4.69, 9.17) is 9.84 Å². The fourth-order valence-electron chi connectivity index (χ4n) is 1.41. The largest absolute Gasteiger partial charge is 0.480 e. The Morgan fingerprint density at radius 3 is 2.61 bits per heavy atom. The Kier molecular flexibility index (Phi) is 5.17. The quantitative estimate of drug-likeness (QED) is 0.812. The Morgan fingerprint density at radius 1 is 1.33 bits per heavy atom. The van der Waals surface area contributed by atoms with Gasteiger partial charge in [-0.1, -0.05) is 26.0 Å². The SMILES string of the molecule is CC(C)CC(=O)Nc1ccccc1OCC(=O)O. The molecule has 0 saturated carbocycles. The minimum atomic E-state index is -1.06. The molecule has 1 aromatic rings. The van der Waals surface area contributed by atoms with Crippen molar-refractivity contribution in [1.29, 1.82) is 0 Å². The van der Waals surface area contributed by atoms with Crippen LogP contribution in [0.15, 0.2) is 24.3 Å². The zero-order chi connectivity index (χ0) is 13.5. The van der Waals surface area contributed by atoms with Crippen LogP contribution in [0.3, 0.4) is 0 Å². The summed E-state index contributed by atoms with van der Waals surface area (Å²) < 4.78 is 5.09. The number of carboxylic acid groups (broad SMARTS) is 1. The molecule has 5 heteroatoms. The Balaban J connectivity index is 2.69. The Labute approximate surface area is 106 Å². The summed E-state index contributed by atoms with van der Waals surface area (Å²) >= 11 is 0. The van der Waals surface area contributed by atoms with Crippen molar-refractivity contribution in [3.8, 4) is 5.75 Å². The molecule has 0 aromatic heterocycles. The standard InChI is InChI=1S/C13H17NO4/c1-9(2)7-12(15)14-10-5-3-4-6-11(10)18-8-13(16)17/h3-6,9H,7-8H2,1-2H3,(H,14,15)(H,16,17). The average Bonchev–Trinajstić information content (AvgIpc) is 2.26. The number of ether oxygens (including phenoxy) is 1. The first-order valence-electron chi connectivity index (χ1n) is 5.72. The van der Waals surface area contributed by atoms with Crippen molar-refractivity contribution in [2.45, 2.75) is 20.3 Å². The van der Waals surface area contributed by atoms with Gasteiger partial charge in [0.15, 0.2) is 6.61 Å². The summed E-state index contributed by atoms with van der Waals surface area (Å²) in [6.45, 7) is 3.47. The predicted octanol–water partition coefficient (Wildman–Crippen LogP) is 2.13. The van der Waals surface area contributed by atoms with Crippen molar-refractivity contribution in [3.63, 3.8) is 0 Å². The number of benzene rings is 1. The number of hydrogen-bond acceptors (Lipinski definition) is 3. The van der Waals surface area contributed by atoms with Crippen LogP contribution in [0.1, 0.15) is 20.3 Å². The van der Waals surface area contributed by atoms with Crippen molar-refractivity contribution in [2.24, 2.45) is 5.92 Å². The first kappa shape index (κ1) is 14.0. The van der Waals surface area contributed by atoms with Gasteiger partial charge in [0, 0.05) is 6.42 Å². The topological polar surface area (TPSA) is 75.6 Å². The minimum absolute atomic E-state index is 0.114. The van der Waals surface area contributed by atoms with Crippen molar-refractivity contribution in [2.75, 3.05) is 11.9 Å². The van der Waals surface area contributed by atoms with Crippen molar-refractivity contribution in [1.82, 2.24) is 0 Å². The van der Waals surface area contributed by atoms with Crippen LogP contribution in [0, 0.1) is 5.92 Å². The van der Waals surface area contributed by atoms with Crippen LogP contribution >= 0.6 is 0 Å². The van der Waals surface area contributed by atoms with Crippen LogP contribution in [-0.4, -0.2) is 23.6 Å². The Bertz CT molecular complexity index is 429. The predicted molar refractivity (Wildman–Crippen MR) is 67.7 cm³/mol. The van der Waals surface area contributed by atoms with Gasteiger partial charge in [-0.2, -0.15) is 0 Å². The first-order chi connectivity index (χ1) is 8.49. The van der Waals surface area contributed by atoms with Crippen LogP contribution in [0.5, 0.6) is 5.75 Å². The second kappa shape index (κ2) is 6.64. The van der Waals surface area contributed by atoms with E-state index >= 15 is 0 Å². The molecule has 0 spiro atoms. The second-order valence-electron chi connectivity index (χ2n) is 4.32. The third-order valence-corrected chi connectivity index (χ3v) is 2.11. The van der Waals surface area contributed by atoms with Gasteiger partial charge in [-0.3, -0.25) is 4.79 Å². The summed E-state index contributed by atoms with van der Waals surface area (Å²) in [4.78, 5) is 22.1. The lowest BCUT2D eigenvalue weighted by molar-refractivity contribution is -0.139. The number of nitrogens with one attached hydrogen (secondary N) is 1. The van der Waals surface area contributed by atoms with Gasteiger partial charge in [0.05, 0.1) is 5.69 Å². The number of anilines is 1. The molecule has 0 aliphatic heterocycles. The molecule has 18 heavy (non-hydrogen) atoms. The van der Waals surface area contributed by atoms with Crippen LogP contribution < -0.4 is 10.1 Å². The maximum Gasteiger partial charge on any atom is 0.341 e. The third-order valence-electron chi connectivity index (χ3n) is 2.11. The summed E-state index contributed by atoms with van der Waals surface area (Å²) in [5.74, 6) is -0.552. The number of aliphatic carboxylic acids is 1. The van der Waals surface area contributed by atoms with E-state index in [-0.39, 0.29) is 11.8 Å². The average molecular weight is 251 g/mol. The monoisotopic (exact) mass is 251 g/mol. The number of para-hydroxylation sites is 2. The normalized spacial score (nSPS) is 10.2. The molecule has 0 aliphatic rings. The van der Waals surface area contributed by atoms with Crippen LogP contribution in [0.25, 0.3) is 0 Å². The molecule has 0 bridgehead atoms. The van der Waals surface area contributed by atoms with Crippen LogP contribution in [0.2, 0.25) is 0 Å². The molecule has 5 nitrogen and oxygen atoms in total. The zero-order valence-corrected chi connectivity index (χ0v) is 10.5. The van der Waals surface area contributed by atoms with Gasteiger partial charge in [-0.15, -0.1) is 0 Å². The van der Waals surface area contributed by atoms with Gasteiger partial charge >= 0.3 is 5.97 Å². The smallest absolute Gasteiger partial charge is 0.341 e. The number of carbonyl (C=O) groups excluding carboxylic acids is 1. The highest BCUT2D eigenvalue weighted by Crippen LogP contribution is 2.24.